The monoisotopic (exact) mass is 359 g/mol. The maximum atomic E-state index is 12.1. The Labute approximate surface area is 152 Å². The minimum absolute atomic E-state index is 0.342. The Hall–Kier alpha value is -2.73. The maximum absolute atomic E-state index is 12.1. The maximum Gasteiger partial charge on any atom is 0.323 e. The molecular formula is C18H22ClN5O. The van der Waals surface area contributed by atoms with Crippen LogP contribution in [0.2, 0.25) is 5.02 Å². The molecule has 2 amide bonds. The van der Waals surface area contributed by atoms with Crippen LogP contribution in [0, 0.1) is 5.92 Å². The minimum atomic E-state index is -0.360. The van der Waals surface area contributed by atoms with Gasteiger partial charge in [-0.25, -0.2) is 4.79 Å². The van der Waals surface area contributed by atoms with E-state index in [1.807, 2.05) is 12.1 Å². The lowest BCUT2D eigenvalue weighted by molar-refractivity contribution is 0.262. The van der Waals surface area contributed by atoms with Crippen molar-refractivity contribution in [2.75, 3.05) is 22.5 Å². The van der Waals surface area contributed by atoms with Crippen molar-refractivity contribution < 1.29 is 4.79 Å². The third-order valence-corrected chi connectivity index (χ3v) is 3.34. The molecule has 132 valence electrons. The van der Waals surface area contributed by atoms with Crippen LogP contribution in [0.15, 0.2) is 53.5 Å². The van der Waals surface area contributed by atoms with Crippen LogP contribution < -0.4 is 21.7 Å². The molecule has 0 bridgehead atoms. The topological polar surface area (TPSA) is 91.5 Å². The summed E-state index contributed by atoms with van der Waals surface area (Å²) in [5.74, 6) is 0.776. The number of carbonyl (C=O) groups excluding carboxylic acids is 1. The van der Waals surface area contributed by atoms with Crippen LogP contribution >= 0.6 is 11.6 Å². The molecule has 0 spiro atoms. The summed E-state index contributed by atoms with van der Waals surface area (Å²) in [4.78, 5) is 16.3. The van der Waals surface area contributed by atoms with E-state index >= 15 is 0 Å². The first kappa shape index (κ1) is 18.6. The van der Waals surface area contributed by atoms with Gasteiger partial charge in [0, 0.05) is 28.6 Å². The highest BCUT2D eigenvalue weighted by molar-refractivity contribution is 6.30. The molecule has 0 aliphatic heterocycles. The van der Waals surface area contributed by atoms with Crippen molar-refractivity contribution in [1.82, 2.24) is 0 Å². The molecule has 25 heavy (non-hydrogen) atoms. The second-order valence-corrected chi connectivity index (χ2v) is 6.35. The molecular weight excluding hydrogens is 338 g/mol. The van der Waals surface area contributed by atoms with E-state index in [2.05, 4.69) is 34.8 Å². The van der Waals surface area contributed by atoms with Crippen LogP contribution in [-0.4, -0.2) is 18.5 Å². The Morgan fingerprint density at radius 3 is 2.20 bits per heavy atom. The second-order valence-electron chi connectivity index (χ2n) is 5.92. The number of nitrogens with two attached hydrogens (primary N) is 1. The quantitative estimate of drug-likeness (QED) is 0.472. The molecule has 2 rings (SSSR count). The fourth-order valence-electron chi connectivity index (χ4n) is 2.00. The molecule has 6 nitrogen and oxygen atoms in total. The third kappa shape index (κ3) is 6.73. The van der Waals surface area contributed by atoms with E-state index in [0.29, 0.717) is 34.8 Å². The Morgan fingerprint density at radius 1 is 1.04 bits per heavy atom. The van der Waals surface area contributed by atoms with Gasteiger partial charge in [0.05, 0.1) is 0 Å². The number of carbonyl (C=O) groups is 1. The zero-order chi connectivity index (χ0) is 18.2. The predicted molar refractivity (Wildman–Crippen MR) is 105 cm³/mol. The standard InChI is InChI=1S/C18H22ClN5O/c1-12(2)11-21-17(20)22-15-7-4-8-16(10-15)24-18(25)23-14-6-3-5-13(19)9-14/h3-10,12H,11H2,1-2H3,(H3,20,21,22)(H2,23,24,25). The smallest absolute Gasteiger partial charge is 0.323 e. The van der Waals surface area contributed by atoms with Gasteiger partial charge in [-0.05, 0) is 42.3 Å². The third-order valence-electron chi connectivity index (χ3n) is 3.10. The number of hydrogen-bond donors (Lipinski definition) is 4. The van der Waals surface area contributed by atoms with Crippen molar-refractivity contribution in [3.63, 3.8) is 0 Å². The number of urea groups is 1. The van der Waals surface area contributed by atoms with Crippen LogP contribution in [0.5, 0.6) is 0 Å². The highest BCUT2D eigenvalue weighted by Gasteiger charge is 2.04. The van der Waals surface area contributed by atoms with E-state index in [1.165, 1.54) is 0 Å². The normalized spacial score (nSPS) is 11.3. The van der Waals surface area contributed by atoms with Gasteiger partial charge >= 0.3 is 6.03 Å². The average molecular weight is 360 g/mol. The number of amides is 2. The summed E-state index contributed by atoms with van der Waals surface area (Å²) < 4.78 is 0. The zero-order valence-electron chi connectivity index (χ0n) is 14.2. The number of aliphatic imine (C=N–C) groups is 1. The lowest BCUT2D eigenvalue weighted by atomic mass is 10.2. The fourth-order valence-corrected chi connectivity index (χ4v) is 2.19. The van der Waals surface area contributed by atoms with Crippen LogP contribution in [0.25, 0.3) is 0 Å². The van der Waals surface area contributed by atoms with Crippen molar-refractivity contribution in [3.8, 4) is 0 Å². The molecule has 2 aromatic rings. The van der Waals surface area contributed by atoms with Crippen LogP contribution in [0.4, 0.5) is 21.9 Å². The summed E-state index contributed by atoms with van der Waals surface area (Å²) in [7, 11) is 0. The zero-order valence-corrected chi connectivity index (χ0v) is 15.0. The summed E-state index contributed by atoms with van der Waals surface area (Å²) in [6.45, 7) is 4.79. The van der Waals surface area contributed by atoms with Gasteiger partial charge in [0.1, 0.15) is 0 Å². The van der Waals surface area contributed by atoms with Crippen molar-refractivity contribution in [1.29, 1.82) is 0 Å². The molecule has 5 N–H and O–H groups in total. The lowest BCUT2D eigenvalue weighted by Crippen LogP contribution is -2.23. The van der Waals surface area contributed by atoms with Crippen molar-refractivity contribution >= 4 is 40.7 Å². The number of nitrogens with zero attached hydrogens (tertiary/aromatic N) is 1. The van der Waals surface area contributed by atoms with E-state index in [0.717, 1.165) is 5.69 Å². The van der Waals surface area contributed by atoms with E-state index < -0.39 is 0 Å². The van der Waals surface area contributed by atoms with Crippen LogP contribution in [0.1, 0.15) is 13.8 Å². The number of rotatable bonds is 5. The molecule has 0 aliphatic carbocycles. The molecule has 7 heteroatoms. The molecule has 0 radical (unpaired) electrons. The van der Waals surface area contributed by atoms with Gasteiger partial charge in [-0.15, -0.1) is 0 Å². The number of nitrogens with one attached hydrogen (secondary N) is 3. The summed E-state index contributed by atoms with van der Waals surface area (Å²) in [5.41, 5.74) is 7.83. The summed E-state index contributed by atoms with van der Waals surface area (Å²) in [6.07, 6.45) is 0. The molecule has 0 atom stereocenters. The Balaban J connectivity index is 1.96. The van der Waals surface area contributed by atoms with Gasteiger partial charge in [-0.1, -0.05) is 37.6 Å². The minimum Gasteiger partial charge on any atom is -0.370 e. The number of benzene rings is 2. The second kappa shape index (κ2) is 8.94. The number of hydrogen-bond acceptors (Lipinski definition) is 2. The van der Waals surface area contributed by atoms with Crippen LogP contribution in [-0.2, 0) is 0 Å². The number of guanidine groups is 1. The summed E-state index contributed by atoms with van der Waals surface area (Å²) >= 11 is 5.90. The van der Waals surface area contributed by atoms with Crippen molar-refractivity contribution in [2.45, 2.75) is 13.8 Å². The SMILES string of the molecule is CC(C)CN=C(N)Nc1cccc(NC(=O)Nc2cccc(Cl)c2)c1. The highest BCUT2D eigenvalue weighted by atomic mass is 35.5. The first-order chi connectivity index (χ1) is 11.9. The molecule has 2 aromatic carbocycles. The summed E-state index contributed by atoms with van der Waals surface area (Å²) in [5, 5.41) is 9.04. The number of halogens is 1. The fraction of sp³-hybridized carbons (Fsp3) is 0.222. The van der Waals surface area contributed by atoms with Gasteiger partial charge in [0.2, 0.25) is 0 Å². The average Bonchev–Trinajstić information content (AvgIpc) is 2.53. The molecule has 0 fully saturated rings. The van der Waals surface area contributed by atoms with Gasteiger partial charge in [0.15, 0.2) is 5.96 Å². The van der Waals surface area contributed by atoms with Crippen molar-refractivity contribution in [2.24, 2.45) is 16.6 Å². The lowest BCUT2D eigenvalue weighted by Gasteiger charge is -2.10. The highest BCUT2D eigenvalue weighted by Crippen LogP contribution is 2.17. The first-order valence-electron chi connectivity index (χ1n) is 7.93. The number of anilines is 3. The van der Waals surface area contributed by atoms with Gasteiger partial charge in [0.25, 0.3) is 0 Å². The summed E-state index contributed by atoms with van der Waals surface area (Å²) in [6, 6.07) is 13.8. The van der Waals surface area contributed by atoms with Crippen LogP contribution in [0.3, 0.4) is 0 Å². The van der Waals surface area contributed by atoms with E-state index in [-0.39, 0.29) is 6.03 Å². The van der Waals surface area contributed by atoms with Gasteiger partial charge in [-0.2, -0.15) is 0 Å². The van der Waals surface area contributed by atoms with Crippen molar-refractivity contribution in [3.05, 3.63) is 53.6 Å². The largest absolute Gasteiger partial charge is 0.370 e. The van der Waals surface area contributed by atoms with Gasteiger partial charge < -0.3 is 21.7 Å². The molecule has 0 heterocycles. The van der Waals surface area contributed by atoms with E-state index in [1.54, 1.807) is 36.4 Å². The Kier molecular flexibility index (Phi) is 6.65. The molecule has 0 unspecified atom stereocenters. The van der Waals surface area contributed by atoms with Gasteiger partial charge in [-0.3, -0.25) is 4.99 Å². The predicted octanol–water partition coefficient (Wildman–Crippen LogP) is 4.37. The Morgan fingerprint density at radius 2 is 1.60 bits per heavy atom. The first-order valence-corrected chi connectivity index (χ1v) is 8.31. The molecule has 0 saturated heterocycles. The molecule has 0 saturated carbocycles. The Bertz CT molecular complexity index is 761. The molecule has 0 aliphatic rings. The molecule has 0 aromatic heterocycles. The van der Waals surface area contributed by atoms with E-state index in [9.17, 15) is 4.79 Å². The van der Waals surface area contributed by atoms with E-state index in [4.69, 9.17) is 17.3 Å².